The summed E-state index contributed by atoms with van der Waals surface area (Å²) in [5, 5.41) is 0. The van der Waals surface area contributed by atoms with E-state index in [0.29, 0.717) is 17.9 Å². The average Bonchev–Trinajstić information content (AvgIpc) is 2.92. The zero-order valence-corrected chi connectivity index (χ0v) is 12.1. The number of nitrogens with zero attached hydrogens (tertiary/aromatic N) is 4. The lowest BCUT2D eigenvalue weighted by molar-refractivity contribution is 0.339. The first-order valence-corrected chi connectivity index (χ1v) is 6.98. The Bertz CT molecular complexity index is 396. The number of alkyl halides is 1. The van der Waals surface area contributed by atoms with Crippen molar-refractivity contribution in [3.8, 4) is 12.0 Å². The Morgan fingerprint density at radius 2 is 1.89 bits per heavy atom. The third kappa shape index (κ3) is 3.37. The topological polar surface area (TPSA) is 60.4 Å². The Hall–Kier alpha value is -1.30. The van der Waals surface area contributed by atoms with Crippen molar-refractivity contribution in [2.45, 2.75) is 31.7 Å². The highest BCUT2D eigenvalue weighted by Crippen LogP contribution is 2.27. The highest BCUT2D eigenvalue weighted by molar-refractivity contribution is 6.17. The van der Waals surface area contributed by atoms with Gasteiger partial charge in [-0.25, -0.2) is 0 Å². The first-order valence-electron chi connectivity index (χ1n) is 6.45. The molecule has 0 radical (unpaired) electrons. The molecule has 0 aliphatic carbocycles. The second-order valence-corrected chi connectivity index (χ2v) is 4.81. The molecule has 1 atom stereocenters. The SMILES string of the molecule is COc1nc(OC)nc(N2CCCC2CCCCl)n1. The molecule has 1 aromatic rings. The van der Waals surface area contributed by atoms with Crippen molar-refractivity contribution in [2.75, 3.05) is 31.5 Å². The molecule has 1 fully saturated rings. The van der Waals surface area contributed by atoms with E-state index < -0.39 is 0 Å². The summed E-state index contributed by atoms with van der Waals surface area (Å²) < 4.78 is 10.2. The first kappa shape index (κ1) is 14.1. The zero-order chi connectivity index (χ0) is 13.7. The fourth-order valence-corrected chi connectivity index (χ4v) is 2.51. The van der Waals surface area contributed by atoms with Crippen LogP contribution in [-0.2, 0) is 0 Å². The Labute approximate surface area is 118 Å². The Kier molecular flexibility index (Phi) is 5.01. The lowest BCUT2D eigenvalue weighted by Crippen LogP contribution is -2.31. The molecule has 2 heterocycles. The molecule has 1 aromatic heterocycles. The average molecular weight is 287 g/mol. The van der Waals surface area contributed by atoms with Crippen LogP contribution in [0.1, 0.15) is 25.7 Å². The Balaban J connectivity index is 2.19. The maximum absolute atomic E-state index is 5.77. The smallest absolute Gasteiger partial charge is 0.324 e. The van der Waals surface area contributed by atoms with E-state index >= 15 is 0 Å². The third-order valence-corrected chi connectivity index (χ3v) is 3.52. The lowest BCUT2D eigenvalue weighted by atomic mass is 10.1. The highest BCUT2D eigenvalue weighted by Gasteiger charge is 2.27. The van der Waals surface area contributed by atoms with Crippen LogP contribution >= 0.6 is 11.6 Å². The van der Waals surface area contributed by atoms with Crippen molar-refractivity contribution < 1.29 is 9.47 Å². The van der Waals surface area contributed by atoms with Gasteiger partial charge in [0.15, 0.2) is 0 Å². The second kappa shape index (κ2) is 6.75. The minimum Gasteiger partial charge on any atom is -0.467 e. The molecule has 0 N–H and O–H groups in total. The van der Waals surface area contributed by atoms with Gasteiger partial charge in [0.1, 0.15) is 0 Å². The Morgan fingerprint density at radius 1 is 1.21 bits per heavy atom. The third-order valence-electron chi connectivity index (χ3n) is 3.25. The summed E-state index contributed by atoms with van der Waals surface area (Å²) in [6.45, 7) is 0.948. The fourth-order valence-electron chi connectivity index (χ4n) is 2.35. The van der Waals surface area contributed by atoms with Gasteiger partial charge in [0.05, 0.1) is 14.2 Å². The van der Waals surface area contributed by atoms with Crippen LogP contribution in [-0.4, -0.2) is 47.6 Å². The summed E-state index contributed by atoms with van der Waals surface area (Å²) >= 11 is 5.77. The van der Waals surface area contributed by atoms with Crippen molar-refractivity contribution >= 4 is 17.5 Å². The summed E-state index contributed by atoms with van der Waals surface area (Å²) in [6.07, 6.45) is 4.35. The largest absolute Gasteiger partial charge is 0.467 e. The van der Waals surface area contributed by atoms with E-state index in [0.717, 1.165) is 32.2 Å². The minimum absolute atomic E-state index is 0.282. The van der Waals surface area contributed by atoms with Crippen LogP contribution in [0.3, 0.4) is 0 Å². The molecule has 7 heteroatoms. The predicted molar refractivity (Wildman–Crippen MR) is 73.3 cm³/mol. The summed E-state index contributed by atoms with van der Waals surface area (Å²) in [7, 11) is 3.07. The van der Waals surface area contributed by atoms with Gasteiger partial charge in [-0.15, -0.1) is 16.6 Å². The van der Waals surface area contributed by atoms with Crippen LogP contribution in [0, 0.1) is 0 Å². The number of methoxy groups -OCH3 is 2. The molecule has 0 spiro atoms. The van der Waals surface area contributed by atoms with Crippen molar-refractivity contribution in [2.24, 2.45) is 0 Å². The van der Waals surface area contributed by atoms with Crippen LogP contribution < -0.4 is 14.4 Å². The van der Waals surface area contributed by atoms with Gasteiger partial charge in [-0.2, -0.15) is 9.97 Å². The van der Waals surface area contributed by atoms with Gasteiger partial charge in [0.25, 0.3) is 0 Å². The molecular formula is C12H19ClN4O2. The van der Waals surface area contributed by atoms with Crippen LogP contribution in [0.4, 0.5) is 5.95 Å². The predicted octanol–water partition coefficient (Wildman–Crippen LogP) is 1.88. The molecule has 0 aromatic carbocycles. The van der Waals surface area contributed by atoms with Gasteiger partial charge in [-0.1, -0.05) is 0 Å². The molecule has 19 heavy (non-hydrogen) atoms. The van der Waals surface area contributed by atoms with Crippen molar-refractivity contribution in [1.82, 2.24) is 15.0 Å². The molecule has 1 aliphatic heterocycles. The van der Waals surface area contributed by atoms with Crippen LogP contribution in [0.5, 0.6) is 12.0 Å². The van der Waals surface area contributed by atoms with E-state index in [1.807, 2.05) is 0 Å². The van der Waals surface area contributed by atoms with Gasteiger partial charge in [-0.3, -0.25) is 0 Å². The van der Waals surface area contributed by atoms with Gasteiger partial charge in [-0.05, 0) is 25.7 Å². The summed E-state index contributed by atoms with van der Waals surface area (Å²) in [4.78, 5) is 14.8. The van der Waals surface area contributed by atoms with E-state index in [2.05, 4.69) is 19.9 Å². The summed E-state index contributed by atoms with van der Waals surface area (Å²) in [5.74, 6) is 1.31. The zero-order valence-electron chi connectivity index (χ0n) is 11.3. The fraction of sp³-hybridized carbons (Fsp3) is 0.750. The molecule has 6 nitrogen and oxygen atoms in total. The number of rotatable bonds is 6. The quantitative estimate of drug-likeness (QED) is 0.744. The number of aromatic nitrogens is 3. The molecule has 106 valence electrons. The van der Waals surface area contributed by atoms with Crippen LogP contribution in [0.15, 0.2) is 0 Å². The van der Waals surface area contributed by atoms with E-state index in [1.54, 1.807) is 0 Å². The molecular weight excluding hydrogens is 268 g/mol. The van der Waals surface area contributed by atoms with Crippen molar-refractivity contribution in [3.63, 3.8) is 0 Å². The van der Waals surface area contributed by atoms with E-state index in [-0.39, 0.29) is 12.0 Å². The molecule has 0 bridgehead atoms. The van der Waals surface area contributed by atoms with Crippen molar-refractivity contribution in [1.29, 1.82) is 0 Å². The number of anilines is 1. The van der Waals surface area contributed by atoms with Crippen molar-refractivity contribution in [3.05, 3.63) is 0 Å². The van der Waals surface area contributed by atoms with Gasteiger partial charge < -0.3 is 14.4 Å². The van der Waals surface area contributed by atoms with Crippen LogP contribution in [0.25, 0.3) is 0 Å². The van der Waals surface area contributed by atoms with E-state index in [4.69, 9.17) is 21.1 Å². The molecule has 1 unspecified atom stereocenters. The second-order valence-electron chi connectivity index (χ2n) is 4.43. The maximum atomic E-state index is 5.77. The Morgan fingerprint density at radius 3 is 2.47 bits per heavy atom. The monoisotopic (exact) mass is 286 g/mol. The van der Waals surface area contributed by atoms with Gasteiger partial charge in [0, 0.05) is 18.5 Å². The number of ether oxygens (including phenoxy) is 2. The molecule has 0 amide bonds. The minimum atomic E-state index is 0.282. The van der Waals surface area contributed by atoms with E-state index in [9.17, 15) is 0 Å². The molecule has 1 aliphatic rings. The van der Waals surface area contributed by atoms with Crippen LogP contribution in [0.2, 0.25) is 0 Å². The molecule has 1 saturated heterocycles. The summed E-state index contributed by atoms with van der Waals surface area (Å²) in [6, 6.07) is 1.00. The number of hydrogen-bond acceptors (Lipinski definition) is 6. The van der Waals surface area contributed by atoms with Gasteiger partial charge in [0.2, 0.25) is 5.95 Å². The van der Waals surface area contributed by atoms with Gasteiger partial charge >= 0.3 is 12.0 Å². The molecule has 0 saturated carbocycles. The van der Waals surface area contributed by atoms with E-state index in [1.165, 1.54) is 14.2 Å². The maximum Gasteiger partial charge on any atom is 0.324 e. The number of halogens is 1. The lowest BCUT2D eigenvalue weighted by Gasteiger charge is -2.24. The first-order chi connectivity index (χ1) is 9.28. The highest BCUT2D eigenvalue weighted by atomic mass is 35.5. The standard InChI is InChI=1S/C12H19ClN4O2/c1-18-11-14-10(15-12(16-11)19-2)17-8-4-6-9(17)5-3-7-13/h9H,3-8H2,1-2H3. The normalized spacial score (nSPS) is 18.7. The molecule has 2 rings (SSSR count). The number of hydrogen-bond donors (Lipinski definition) is 0. The summed E-state index contributed by atoms with van der Waals surface area (Å²) in [5.41, 5.74) is 0.